The predicted octanol–water partition coefficient (Wildman–Crippen LogP) is 2.67. The molecule has 0 amide bonds. The number of hydrogen-bond acceptors (Lipinski definition) is 5. The minimum absolute atomic E-state index is 0.00874. The molecule has 1 saturated heterocycles. The molecule has 5 rings (SSSR count). The van der Waals surface area contributed by atoms with Crippen LogP contribution in [0, 0.1) is 33.5 Å². The van der Waals surface area contributed by atoms with Gasteiger partial charge in [-0.05, 0) is 54.8 Å². The van der Waals surface area contributed by atoms with Crippen LogP contribution in [0.4, 0.5) is 0 Å². The molecule has 10 atom stereocenters. The Balaban J connectivity index is 1.64. The third-order valence-electron chi connectivity index (χ3n) is 9.84. The number of rotatable bonds is 2. The average molecular weight is 379 g/mol. The standard InChI is InChI=1S/C22H34O5/c1-12(24)26-18-21(4)9-6-13-20(3)8-5-7-19(2,11-23)14(20)10-15(25)22(13,18)17-16(21)27-17/h13-18,23,25H,5-11H2,1-4H3/t13-,14+,15-,16-,17+,18?,19+,20-,21+,22+/m0/s1. The van der Waals surface area contributed by atoms with Gasteiger partial charge in [-0.25, -0.2) is 0 Å². The van der Waals surface area contributed by atoms with Crippen molar-refractivity contribution in [2.24, 2.45) is 33.5 Å². The average Bonchev–Trinajstić information content (AvgIpc) is 3.38. The van der Waals surface area contributed by atoms with Crippen LogP contribution in [0.1, 0.15) is 66.2 Å². The maximum absolute atomic E-state index is 12.0. The second-order valence-corrected chi connectivity index (χ2v) is 11.0. The Morgan fingerprint density at radius 1 is 1.11 bits per heavy atom. The van der Waals surface area contributed by atoms with E-state index in [1.807, 2.05) is 0 Å². The Morgan fingerprint density at radius 3 is 2.52 bits per heavy atom. The molecule has 0 aromatic rings. The topological polar surface area (TPSA) is 79.3 Å². The van der Waals surface area contributed by atoms with E-state index in [1.165, 1.54) is 6.92 Å². The van der Waals surface area contributed by atoms with E-state index < -0.39 is 11.5 Å². The highest BCUT2D eigenvalue weighted by atomic mass is 16.6. The smallest absolute Gasteiger partial charge is 0.302 e. The molecule has 27 heavy (non-hydrogen) atoms. The van der Waals surface area contributed by atoms with Crippen molar-refractivity contribution in [3.05, 3.63) is 0 Å². The van der Waals surface area contributed by atoms with Crippen LogP contribution in [0.15, 0.2) is 0 Å². The molecule has 4 saturated carbocycles. The van der Waals surface area contributed by atoms with Gasteiger partial charge in [0.05, 0.1) is 23.7 Å². The number of esters is 1. The number of carbonyl (C=O) groups excluding carboxylic acids is 1. The monoisotopic (exact) mass is 378 g/mol. The summed E-state index contributed by atoms with van der Waals surface area (Å²) < 4.78 is 12.2. The molecular formula is C22H34O5. The summed E-state index contributed by atoms with van der Waals surface area (Å²) in [5, 5.41) is 21.8. The largest absolute Gasteiger partial charge is 0.461 e. The van der Waals surface area contributed by atoms with E-state index >= 15 is 0 Å². The number of aliphatic hydroxyl groups is 2. The van der Waals surface area contributed by atoms with E-state index in [1.54, 1.807) is 0 Å². The molecule has 0 radical (unpaired) electrons. The number of ether oxygens (including phenoxy) is 2. The van der Waals surface area contributed by atoms with Gasteiger partial charge in [-0.3, -0.25) is 4.79 Å². The fourth-order valence-electron chi connectivity index (χ4n) is 8.73. The lowest BCUT2D eigenvalue weighted by atomic mass is 9.39. The van der Waals surface area contributed by atoms with E-state index in [-0.39, 0.29) is 59.0 Å². The molecule has 5 nitrogen and oxygen atoms in total. The summed E-state index contributed by atoms with van der Waals surface area (Å²) in [6.07, 6.45) is 5.24. The fraction of sp³-hybridized carbons (Fsp3) is 0.955. The lowest BCUT2D eigenvalue weighted by Gasteiger charge is -2.67. The highest BCUT2D eigenvalue weighted by molar-refractivity contribution is 5.66. The van der Waals surface area contributed by atoms with Gasteiger partial charge in [-0.2, -0.15) is 0 Å². The number of carbonyl (C=O) groups is 1. The molecule has 1 spiro atoms. The van der Waals surface area contributed by atoms with E-state index in [0.717, 1.165) is 32.1 Å². The van der Waals surface area contributed by atoms with Crippen LogP contribution < -0.4 is 0 Å². The normalized spacial score (nSPS) is 60.8. The van der Waals surface area contributed by atoms with E-state index in [9.17, 15) is 15.0 Å². The first-order valence-electron chi connectivity index (χ1n) is 10.8. The summed E-state index contributed by atoms with van der Waals surface area (Å²) >= 11 is 0. The summed E-state index contributed by atoms with van der Waals surface area (Å²) in [6.45, 7) is 8.43. The molecule has 5 aliphatic rings. The first-order valence-corrected chi connectivity index (χ1v) is 10.8. The van der Waals surface area contributed by atoms with Crippen molar-refractivity contribution in [1.29, 1.82) is 0 Å². The summed E-state index contributed by atoms with van der Waals surface area (Å²) in [4.78, 5) is 12.0. The quantitative estimate of drug-likeness (QED) is 0.570. The zero-order valence-corrected chi connectivity index (χ0v) is 17.0. The van der Waals surface area contributed by atoms with Gasteiger partial charge in [0, 0.05) is 18.9 Å². The van der Waals surface area contributed by atoms with Crippen LogP contribution >= 0.6 is 0 Å². The summed E-state index contributed by atoms with van der Waals surface area (Å²) in [7, 11) is 0. The van der Waals surface area contributed by atoms with E-state index in [4.69, 9.17) is 9.47 Å². The van der Waals surface area contributed by atoms with Crippen molar-refractivity contribution >= 4 is 5.97 Å². The molecule has 0 aromatic heterocycles. The van der Waals surface area contributed by atoms with E-state index in [2.05, 4.69) is 20.8 Å². The second kappa shape index (κ2) is 5.28. The summed E-state index contributed by atoms with van der Waals surface area (Å²) in [5.74, 6) is 0.297. The number of fused-ring (bicyclic) bond motifs is 5. The van der Waals surface area contributed by atoms with Crippen molar-refractivity contribution < 1.29 is 24.5 Å². The molecule has 2 bridgehead atoms. The molecule has 5 heteroatoms. The Morgan fingerprint density at radius 2 is 1.85 bits per heavy atom. The van der Waals surface area contributed by atoms with Gasteiger partial charge < -0.3 is 19.7 Å². The van der Waals surface area contributed by atoms with Crippen molar-refractivity contribution in [3.8, 4) is 0 Å². The van der Waals surface area contributed by atoms with Crippen molar-refractivity contribution in [2.75, 3.05) is 6.61 Å². The van der Waals surface area contributed by atoms with Gasteiger partial charge >= 0.3 is 5.97 Å². The SMILES string of the molecule is CC(=O)OC1[C@]23[C@@H]4O[C@@H]4[C@@]1(C)CC[C@H]2[C@]1(C)CCC[C@](C)(CO)[C@H]1C[C@@H]3O. The van der Waals surface area contributed by atoms with Crippen LogP contribution in [0.2, 0.25) is 0 Å². The fourth-order valence-corrected chi connectivity index (χ4v) is 8.73. The minimum Gasteiger partial charge on any atom is -0.461 e. The highest BCUT2D eigenvalue weighted by Crippen LogP contribution is 2.78. The minimum atomic E-state index is -0.550. The Bertz CT molecular complexity index is 680. The Labute approximate surface area is 161 Å². The van der Waals surface area contributed by atoms with Crippen molar-refractivity contribution in [2.45, 2.75) is 90.6 Å². The number of hydrogen-bond donors (Lipinski definition) is 2. The number of aliphatic hydroxyl groups excluding tert-OH is 2. The van der Waals surface area contributed by atoms with Gasteiger partial charge in [-0.1, -0.05) is 27.2 Å². The maximum atomic E-state index is 12.0. The van der Waals surface area contributed by atoms with Gasteiger partial charge in [-0.15, -0.1) is 0 Å². The third-order valence-corrected chi connectivity index (χ3v) is 9.84. The molecule has 1 aliphatic heterocycles. The van der Waals surface area contributed by atoms with Gasteiger partial charge in [0.1, 0.15) is 6.10 Å². The molecule has 4 aliphatic carbocycles. The number of epoxide rings is 1. The Hall–Kier alpha value is -0.650. The zero-order valence-electron chi connectivity index (χ0n) is 17.0. The Kier molecular flexibility index (Phi) is 3.60. The maximum Gasteiger partial charge on any atom is 0.302 e. The van der Waals surface area contributed by atoms with Crippen LogP contribution in [0.5, 0.6) is 0 Å². The van der Waals surface area contributed by atoms with Crippen LogP contribution in [0.25, 0.3) is 0 Å². The highest BCUT2D eigenvalue weighted by Gasteiger charge is 2.85. The molecular weight excluding hydrogens is 344 g/mol. The molecule has 152 valence electrons. The molecule has 0 aromatic carbocycles. The van der Waals surface area contributed by atoms with Gasteiger partial charge in [0.15, 0.2) is 0 Å². The lowest BCUT2D eigenvalue weighted by molar-refractivity contribution is -0.271. The summed E-state index contributed by atoms with van der Waals surface area (Å²) in [6, 6.07) is 0. The van der Waals surface area contributed by atoms with Crippen molar-refractivity contribution in [3.63, 3.8) is 0 Å². The molecule has 1 unspecified atom stereocenters. The first kappa shape index (κ1) is 18.4. The molecule has 5 fully saturated rings. The zero-order chi connectivity index (χ0) is 19.4. The van der Waals surface area contributed by atoms with Crippen LogP contribution in [-0.4, -0.2) is 47.2 Å². The molecule has 1 heterocycles. The predicted molar refractivity (Wildman–Crippen MR) is 98.7 cm³/mol. The lowest BCUT2D eigenvalue weighted by Crippen LogP contribution is -2.69. The first-order chi connectivity index (χ1) is 12.6. The van der Waals surface area contributed by atoms with E-state index in [0.29, 0.717) is 6.42 Å². The van der Waals surface area contributed by atoms with Crippen LogP contribution in [0.3, 0.4) is 0 Å². The van der Waals surface area contributed by atoms with Gasteiger partial charge in [0.2, 0.25) is 0 Å². The van der Waals surface area contributed by atoms with Crippen LogP contribution in [-0.2, 0) is 14.3 Å². The second-order valence-electron chi connectivity index (χ2n) is 11.0. The van der Waals surface area contributed by atoms with Crippen molar-refractivity contribution in [1.82, 2.24) is 0 Å². The third kappa shape index (κ3) is 1.94. The van der Waals surface area contributed by atoms with Gasteiger partial charge in [0.25, 0.3) is 0 Å². The summed E-state index contributed by atoms with van der Waals surface area (Å²) in [5.41, 5.74) is -0.778. The molecule has 2 N–H and O–H groups in total.